The minimum absolute atomic E-state index is 0.130. The van der Waals surface area contributed by atoms with Gasteiger partial charge in [-0.05, 0) is 35.6 Å². The molecule has 0 amide bonds. The second kappa shape index (κ2) is 8.27. The molecule has 0 unspecified atom stereocenters. The first kappa shape index (κ1) is 19.1. The second-order valence-corrected chi connectivity index (χ2v) is 7.77. The van der Waals surface area contributed by atoms with Crippen LogP contribution in [0.3, 0.4) is 0 Å². The van der Waals surface area contributed by atoms with Gasteiger partial charge in [-0.25, -0.2) is 13.1 Å². The van der Waals surface area contributed by atoms with Crippen LogP contribution in [0.5, 0.6) is 0 Å². The minimum Gasteiger partial charge on any atom is -0.481 e. The van der Waals surface area contributed by atoms with Gasteiger partial charge < -0.3 is 5.11 Å². The van der Waals surface area contributed by atoms with Gasteiger partial charge in [-0.15, -0.1) is 0 Å². The fourth-order valence-corrected chi connectivity index (χ4v) is 3.78. The highest BCUT2D eigenvalue weighted by atomic mass is 32.2. The lowest BCUT2D eigenvalue weighted by molar-refractivity contribution is -0.137. The van der Waals surface area contributed by atoms with Crippen LogP contribution in [0.2, 0.25) is 0 Å². The van der Waals surface area contributed by atoms with E-state index < -0.39 is 22.0 Å². The molecule has 2 rings (SSSR count). The maximum atomic E-state index is 12.6. The molecule has 2 aromatic rings. The summed E-state index contributed by atoms with van der Waals surface area (Å²) in [5.41, 5.74) is 1.69. The Bertz CT molecular complexity index is 801. The SMILES string of the molecule is CC[C@H](C)c1ccc(S(=O)(=O)N[C@@H](CC(=O)O)c2ccccc2)cc1. The van der Waals surface area contributed by atoms with Gasteiger partial charge in [0.15, 0.2) is 0 Å². The highest BCUT2D eigenvalue weighted by molar-refractivity contribution is 7.89. The normalized spacial score (nSPS) is 14.0. The van der Waals surface area contributed by atoms with Crippen molar-refractivity contribution in [1.82, 2.24) is 4.72 Å². The zero-order chi connectivity index (χ0) is 18.4. The maximum absolute atomic E-state index is 12.6. The van der Waals surface area contributed by atoms with E-state index in [1.807, 2.05) is 0 Å². The van der Waals surface area contributed by atoms with Gasteiger partial charge >= 0.3 is 5.97 Å². The predicted octanol–water partition coefficient (Wildman–Crippen LogP) is 3.69. The van der Waals surface area contributed by atoms with Crippen LogP contribution < -0.4 is 4.72 Å². The lowest BCUT2D eigenvalue weighted by atomic mass is 9.99. The number of benzene rings is 2. The van der Waals surface area contributed by atoms with Crippen molar-refractivity contribution in [1.29, 1.82) is 0 Å². The average molecular weight is 361 g/mol. The Hall–Kier alpha value is -2.18. The van der Waals surface area contributed by atoms with Gasteiger partial charge in [0, 0.05) is 0 Å². The van der Waals surface area contributed by atoms with Gasteiger partial charge in [-0.2, -0.15) is 0 Å². The van der Waals surface area contributed by atoms with E-state index in [-0.39, 0.29) is 11.3 Å². The number of hydrogen-bond donors (Lipinski definition) is 2. The van der Waals surface area contributed by atoms with Crippen molar-refractivity contribution in [2.75, 3.05) is 0 Å². The summed E-state index contributed by atoms with van der Waals surface area (Å²) >= 11 is 0. The molecule has 134 valence electrons. The highest BCUT2D eigenvalue weighted by Gasteiger charge is 2.23. The molecule has 0 aromatic heterocycles. The van der Waals surface area contributed by atoms with Crippen molar-refractivity contribution in [3.05, 3.63) is 65.7 Å². The van der Waals surface area contributed by atoms with Crippen molar-refractivity contribution in [3.63, 3.8) is 0 Å². The van der Waals surface area contributed by atoms with Gasteiger partial charge in [0.05, 0.1) is 17.4 Å². The highest BCUT2D eigenvalue weighted by Crippen LogP contribution is 2.23. The summed E-state index contributed by atoms with van der Waals surface area (Å²) in [5, 5.41) is 9.10. The lowest BCUT2D eigenvalue weighted by Crippen LogP contribution is -2.30. The van der Waals surface area contributed by atoms with Crippen molar-refractivity contribution >= 4 is 16.0 Å². The lowest BCUT2D eigenvalue weighted by Gasteiger charge is -2.18. The zero-order valence-corrected chi connectivity index (χ0v) is 15.2. The number of aliphatic carboxylic acids is 1. The van der Waals surface area contributed by atoms with Crippen LogP contribution in [0.4, 0.5) is 0 Å². The first-order valence-electron chi connectivity index (χ1n) is 8.22. The molecular weight excluding hydrogens is 338 g/mol. The minimum atomic E-state index is -3.82. The number of sulfonamides is 1. The van der Waals surface area contributed by atoms with Crippen LogP contribution in [0.1, 0.15) is 49.8 Å². The van der Waals surface area contributed by atoms with E-state index in [1.165, 1.54) is 0 Å². The van der Waals surface area contributed by atoms with Gasteiger partial charge in [-0.1, -0.05) is 56.3 Å². The van der Waals surface area contributed by atoms with Crippen LogP contribution >= 0.6 is 0 Å². The Labute approximate surface area is 148 Å². The Morgan fingerprint density at radius 1 is 1.04 bits per heavy atom. The van der Waals surface area contributed by atoms with Crippen molar-refractivity contribution in [2.24, 2.45) is 0 Å². The summed E-state index contributed by atoms with van der Waals surface area (Å²) in [6.45, 7) is 4.16. The largest absolute Gasteiger partial charge is 0.481 e. The van der Waals surface area contributed by atoms with Crippen LogP contribution in [-0.2, 0) is 14.8 Å². The predicted molar refractivity (Wildman–Crippen MR) is 96.9 cm³/mol. The van der Waals surface area contributed by atoms with Crippen LogP contribution in [0.15, 0.2) is 59.5 Å². The number of hydrogen-bond acceptors (Lipinski definition) is 3. The number of rotatable bonds is 8. The molecule has 2 aromatic carbocycles. The van der Waals surface area contributed by atoms with Crippen LogP contribution in [0.25, 0.3) is 0 Å². The van der Waals surface area contributed by atoms with Crippen molar-refractivity contribution < 1.29 is 18.3 Å². The molecule has 0 radical (unpaired) electrons. The van der Waals surface area contributed by atoms with Gasteiger partial charge in [0.2, 0.25) is 10.0 Å². The summed E-state index contributed by atoms with van der Waals surface area (Å²) in [6, 6.07) is 14.6. The van der Waals surface area contributed by atoms with Gasteiger partial charge in [-0.3, -0.25) is 4.79 Å². The number of carbonyl (C=O) groups is 1. The third kappa shape index (κ3) is 5.14. The molecule has 0 aliphatic carbocycles. The summed E-state index contributed by atoms with van der Waals surface area (Å²) in [6.07, 6.45) is 0.646. The van der Waals surface area contributed by atoms with E-state index in [2.05, 4.69) is 18.6 Å². The molecule has 5 nitrogen and oxygen atoms in total. The van der Waals surface area contributed by atoms with Gasteiger partial charge in [0.25, 0.3) is 0 Å². The van der Waals surface area contributed by atoms with Crippen molar-refractivity contribution in [3.8, 4) is 0 Å². The summed E-state index contributed by atoms with van der Waals surface area (Å²) < 4.78 is 27.8. The number of nitrogens with one attached hydrogen (secondary N) is 1. The number of carboxylic acids is 1. The van der Waals surface area contributed by atoms with E-state index in [1.54, 1.807) is 54.6 Å². The molecule has 0 aliphatic rings. The molecule has 6 heteroatoms. The first-order chi connectivity index (χ1) is 11.8. The topological polar surface area (TPSA) is 83.5 Å². The molecule has 0 saturated heterocycles. The Morgan fingerprint density at radius 3 is 2.16 bits per heavy atom. The molecule has 0 fully saturated rings. The summed E-state index contributed by atoms with van der Waals surface area (Å²) in [7, 11) is -3.82. The van der Waals surface area contributed by atoms with E-state index >= 15 is 0 Å². The van der Waals surface area contributed by atoms with E-state index in [0.717, 1.165) is 12.0 Å². The van der Waals surface area contributed by atoms with E-state index in [9.17, 15) is 13.2 Å². The third-order valence-corrected chi connectivity index (χ3v) is 5.74. The quantitative estimate of drug-likeness (QED) is 0.751. The molecule has 2 N–H and O–H groups in total. The number of carboxylic acid groups (broad SMARTS) is 1. The standard InChI is InChI=1S/C19H23NO4S/c1-3-14(2)15-9-11-17(12-10-15)25(23,24)20-18(13-19(21)22)16-7-5-4-6-8-16/h4-12,14,18,20H,3,13H2,1-2H3,(H,21,22)/t14-,18-/m0/s1. The molecule has 0 aliphatic heterocycles. The van der Waals surface area contributed by atoms with Crippen molar-refractivity contribution in [2.45, 2.75) is 43.5 Å². The zero-order valence-electron chi connectivity index (χ0n) is 14.3. The molecule has 2 atom stereocenters. The second-order valence-electron chi connectivity index (χ2n) is 6.06. The fraction of sp³-hybridized carbons (Fsp3) is 0.316. The fourth-order valence-electron chi connectivity index (χ4n) is 2.55. The maximum Gasteiger partial charge on any atom is 0.305 e. The van der Waals surface area contributed by atoms with E-state index in [4.69, 9.17) is 5.11 Å². The van der Waals surface area contributed by atoms with E-state index in [0.29, 0.717) is 11.5 Å². The molecule has 0 heterocycles. The smallest absolute Gasteiger partial charge is 0.305 e. The summed E-state index contributed by atoms with van der Waals surface area (Å²) in [4.78, 5) is 11.3. The Balaban J connectivity index is 2.26. The Kier molecular flexibility index (Phi) is 6.33. The molecule has 0 bridgehead atoms. The van der Waals surface area contributed by atoms with Crippen LogP contribution in [-0.4, -0.2) is 19.5 Å². The third-order valence-electron chi connectivity index (χ3n) is 4.25. The monoisotopic (exact) mass is 361 g/mol. The molecular formula is C19H23NO4S. The molecule has 0 spiro atoms. The molecule has 25 heavy (non-hydrogen) atoms. The first-order valence-corrected chi connectivity index (χ1v) is 9.71. The summed E-state index contributed by atoms with van der Waals surface area (Å²) in [5.74, 6) is -0.711. The molecule has 0 saturated carbocycles. The average Bonchev–Trinajstić information content (AvgIpc) is 2.61. The van der Waals surface area contributed by atoms with Crippen LogP contribution in [0, 0.1) is 0 Å². The Morgan fingerprint density at radius 2 is 1.64 bits per heavy atom. The van der Waals surface area contributed by atoms with Gasteiger partial charge in [0.1, 0.15) is 0 Å².